The molecular weight excluding hydrogens is 262 g/mol. The number of nitrogens with one attached hydrogen (secondary N) is 1. The molecule has 0 radical (unpaired) electrons. The number of hydrogen-bond acceptors (Lipinski definition) is 2. The Bertz CT molecular complexity index is 614. The molecule has 1 amide bonds. The number of carbonyl (C=O) groups excluding carboxylic acids is 1. The zero-order chi connectivity index (χ0) is 15.4. The van der Waals surface area contributed by atoms with E-state index in [0.29, 0.717) is 23.8 Å². The molecule has 0 aliphatic carbocycles. The summed E-state index contributed by atoms with van der Waals surface area (Å²) in [5, 5.41) is 3.04. The van der Waals surface area contributed by atoms with E-state index in [-0.39, 0.29) is 5.91 Å². The van der Waals surface area contributed by atoms with E-state index in [1.807, 2.05) is 39.0 Å². The minimum Gasteiger partial charge on any atom is -0.466 e. The normalized spacial score (nSPS) is 12.2. The molecule has 0 aliphatic rings. The van der Waals surface area contributed by atoms with Crippen molar-refractivity contribution >= 4 is 5.91 Å². The van der Waals surface area contributed by atoms with Gasteiger partial charge in [0.15, 0.2) is 0 Å². The lowest BCUT2D eigenvalue weighted by Gasteiger charge is -2.16. The van der Waals surface area contributed by atoms with Gasteiger partial charge in [-0.05, 0) is 32.8 Å². The Hall–Kier alpha value is -2.03. The van der Waals surface area contributed by atoms with Crippen molar-refractivity contribution in [3.63, 3.8) is 0 Å². The lowest BCUT2D eigenvalue weighted by molar-refractivity contribution is 0.0949. The third kappa shape index (κ3) is 3.35. The van der Waals surface area contributed by atoms with Crippen molar-refractivity contribution in [2.45, 2.75) is 40.0 Å². The van der Waals surface area contributed by atoms with Crippen molar-refractivity contribution in [3.05, 3.63) is 58.5 Å². The maximum atomic E-state index is 12.4. The molecule has 3 nitrogen and oxygen atoms in total. The molecule has 0 fully saturated rings. The maximum absolute atomic E-state index is 12.4. The highest BCUT2D eigenvalue weighted by Gasteiger charge is 2.19. The lowest BCUT2D eigenvalue weighted by Crippen LogP contribution is -2.29. The first-order valence-corrected chi connectivity index (χ1v) is 7.44. The zero-order valence-corrected chi connectivity index (χ0v) is 13.2. The summed E-state index contributed by atoms with van der Waals surface area (Å²) in [6.45, 7) is 8.43. The quantitative estimate of drug-likeness (QED) is 0.897. The summed E-state index contributed by atoms with van der Waals surface area (Å²) in [5.74, 6) is 1.79. The van der Waals surface area contributed by atoms with Crippen LogP contribution in [0.15, 0.2) is 34.7 Å². The van der Waals surface area contributed by atoms with E-state index < -0.39 is 0 Å². The molecule has 1 heterocycles. The summed E-state index contributed by atoms with van der Waals surface area (Å²) in [6.07, 6.45) is 0.993. The summed E-state index contributed by atoms with van der Waals surface area (Å²) < 4.78 is 5.52. The molecule has 3 heteroatoms. The molecule has 1 unspecified atom stereocenters. The van der Waals surface area contributed by atoms with Gasteiger partial charge in [-0.15, -0.1) is 0 Å². The van der Waals surface area contributed by atoms with Crippen LogP contribution in [0.25, 0.3) is 0 Å². The van der Waals surface area contributed by atoms with Crippen LogP contribution in [-0.2, 0) is 0 Å². The van der Waals surface area contributed by atoms with Crippen LogP contribution in [0, 0.1) is 20.8 Å². The van der Waals surface area contributed by atoms with Crippen LogP contribution in [0.2, 0.25) is 0 Å². The molecule has 112 valence electrons. The van der Waals surface area contributed by atoms with Gasteiger partial charge in [-0.3, -0.25) is 4.79 Å². The fourth-order valence-corrected chi connectivity index (χ4v) is 2.65. The average molecular weight is 285 g/mol. The molecule has 0 aliphatic heterocycles. The minimum absolute atomic E-state index is 0.0452. The van der Waals surface area contributed by atoms with Crippen LogP contribution in [-0.4, -0.2) is 12.5 Å². The van der Waals surface area contributed by atoms with Crippen molar-refractivity contribution in [2.24, 2.45) is 0 Å². The summed E-state index contributed by atoms with van der Waals surface area (Å²) >= 11 is 0. The molecule has 0 spiro atoms. The van der Waals surface area contributed by atoms with Gasteiger partial charge in [-0.25, -0.2) is 0 Å². The Morgan fingerprint density at radius 2 is 1.81 bits per heavy atom. The third-order valence-corrected chi connectivity index (χ3v) is 4.06. The first-order chi connectivity index (χ1) is 10.0. The molecular formula is C18H23NO2. The van der Waals surface area contributed by atoms with E-state index >= 15 is 0 Å². The van der Waals surface area contributed by atoms with Crippen LogP contribution in [0.4, 0.5) is 0 Å². The minimum atomic E-state index is -0.0452. The molecule has 21 heavy (non-hydrogen) atoms. The van der Waals surface area contributed by atoms with Gasteiger partial charge in [0.05, 0.1) is 5.56 Å². The van der Waals surface area contributed by atoms with Crippen molar-refractivity contribution in [3.8, 4) is 0 Å². The molecule has 1 N–H and O–H groups in total. The van der Waals surface area contributed by atoms with Gasteiger partial charge < -0.3 is 9.73 Å². The highest BCUT2D eigenvalue weighted by molar-refractivity contribution is 5.96. The highest BCUT2D eigenvalue weighted by atomic mass is 16.3. The second-order valence-electron chi connectivity index (χ2n) is 5.44. The monoisotopic (exact) mass is 285 g/mol. The maximum Gasteiger partial charge on any atom is 0.255 e. The van der Waals surface area contributed by atoms with Crippen molar-refractivity contribution in [1.82, 2.24) is 5.32 Å². The summed E-state index contributed by atoms with van der Waals surface area (Å²) in [4.78, 5) is 12.4. The average Bonchev–Trinajstić information content (AvgIpc) is 2.74. The second kappa shape index (κ2) is 6.61. The summed E-state index contributed by atoms with van der Waals surface area (Å²) in [7, 11) is 0. The SMILES string of the molecule is CCC(CNC(=O)c1c(C)oc(C)c1C)c1ccccc1. The Kier molecular flexibility index (Phi) is 4.84. The van der Waals surface area contributed by atoms with Gasteiger partial charge in [0.25, 0.3) is 5.91 Å². The Morgan fingerprint density at radius 1 is 1.14 bits per heavy atom. The smallest absolute Gasteiger partial charge is 0.255 e. The van der Waals surface area contributed by atoms with Crippen LogP contribution < -0.4 is 5.32 Å². The third-order valence-electron chi connectivity index (χ3n) is 4.06. The number of rotatable bonds is 5. The molecule has 0 bridgehead atoms. The molecule has 1 aromatic heterocycles. The number of aryl methyl sites for hydroxylation is 2. The number of furan rings is 1. The number of hydrogen-bond donors (Lipinski definition) is 1. The van der Waals surface area contributed by atoms with Gasteiger partial charge in [-0.2, -0.15) is 0 Å². The number of amides is 1. The summed E-state index contributed by atoms with van der Waals surface area (Å²) in [6, 6.07) is 10.3. The topological polar surface area (TPSA) is 42.2 Å². The van der Waals surface area contributed by atoms with Crippen molar-refractivity contribution in [1.29, 1.82) is 0 Å². The zero-order valence-electron chi connectivity index (χ0n) is 13.2. The van der Waals surface area contributed by atoms with Gasteiger partial charge in [0.2, 0.25) is 0 Å². The fourth-order valence-electron chi connectivity index (χ4n) is 2.65. The second-order valence-corrected chi connectivity index (χ2v) is 5.44. The Labute approximate surface area is 126 Å². The first kappa shape index (κ1) is 15.4. The molecule has 2 aromatic rings. The van der Waals surface area contributed by atoms with Gasteiger partial charge >= 0.3 is 0 Å². The van der Waals surface area contributed by atoms with E-state index in [1.54, 1.807) is 0 Å². The molecule has 1 aromatic carbocycles. The Balaban J connectivity index is 2.06. The fraction of sp³-hybridized carbons (Fsp3) is 0.389. The van der Waals surface area contributed by atoms with E-state index in [9.17, 15) is 4.79 Å². The van der Waals surface area contributed by atoms with E-state index in [0.717, 1.165) is 17.7 Å². The van der Waals surface area contributed by atoms with Gasteiger partial charge in [0.1, 0.15) is 11.5 Å². The van der Waals surface area contributed by atoms with Crippen molar-refractivity contribution in [2.75, 3.05) is 6.54 Å². The van der Waals surface area contributed by atoms with Crippen LogP contribution in [0.1, 0.15) is 52.3 Å². The van der Waals surface area contributed by atoms with E-state index in [2.05, 4.69) is 24.4 Å². The molecule has 1 atom stereocenters. The largest absolute Gasteiger partial charge is 0.466 e. The van der Waals surface area contributed by atoms with Crippen LogP contribution in [0.5, 0.6) is 0 Å². The predicted molar refractivity (Wildman–Crippen MR) is 84.7 cm³/mol. The first-order valence-electron chi connectivity index (χ1n) is 7.44. The lowest BCUT2D eigenvalue weighted by atomic mass is 9.96. The number of carbonyl (C=O) groups is 1. The van der Waals surface area contributed by atoms with Crippen LogP contribution in [0.3, 0.4) is 0 Å². The van der Waals surface area contributed by atoms with E-state index in [1.165, 1.54) is 5.56 Å². The van der Waals surface area contributed by atoms with E-state index in [4.69, 9.17) is 4.42 Å². The number of benzene rings is 1. The molecule has 0 saturated carbocycles. The highest BCUT2D eigenvalue weighted by Crippen LogP contribution is 2.22. The van der Waals surface area contributed by atoms with Gasteiger partial charge in [-0.1, -0.05) is 37.3 Å². The Morgan fingerprint density at radius 3 is 2.33 bits per heavy atom. The van der Waals surface area contributed by atoms with Gasteiger partial charge in [0, 0.05) is 18.0 Å². The van der Waals surface area contributed by atoms with Crippen LogP contribution >= 0.6 is 0 Å². The summed E-state index contributed by atoms with van der Waals surface area (Å²) in [5.41, 5.74) is 2.87. The molecule has 2 rings (SSSR count). The standard InChI is InChI=1S/C18H23NO2/c1-5-15(16-9-7-6-8-10-16)11-19-18(20)17-12(2)13(3)21-14(17)4/h6-10,15H,5,11H2,1-4H3,(H,19,20). The predicted octanol–water partition coefficient (Wildman–Crippen LogP) is 4.13. The van der Waals surface area contributed by atoms with Crippen molar-refractivity contribution < 1.29 is 9.21 Å². The molecule has 0 saturated heterocycles.